The first-order valence-electron chi connectivity index (χ1n) is 4.90. The third-order valence-corrected chi connectivity index (χ3v) is 2.74. The van der Waals surface area contributed by atoms with Gasteiger partial charge < -0.3 is 10.8 Å². The van der Waals surface area contributed by atoms with E-state index in [-0.39, 0.29) is 12.5 Å². The van der Waals surface area contributed by atoms with Gasteiger partial charge in [0.05, 0.1) is 5.69 Å². The molecule has 80 valence electrons. The summed E-state index contributed by atoms with van der Waals surface area (Å²) in [6.07, 6.45) is 0.818. The van der Waals surface area contributed by atoms with Crippen molar-refractivity contribution >= 4 is 0 Å². The number of aromatic nitrogens is 2. The van der Waals surface area contributed by atoms with Gasteiger partial charge in [0.2, 0.25) is 0 Å². The maximum Gasteiger partial charge on any atom is 0.0628 e. The van der Waals surface area contributed by atoms with E-state index in [4.69, 9.17) is 10.8 Å². The van der Waals surface area contributed by atoms with E-state index in [0.29, 0.717) is 6.54 Å². The van der Waals surface area contributed by atoms with E-state index in [0.717, 1.165) is 17.8 Å². The van der Waals surface area contributed by atoms with Gasteiger partial charge in [-0.3, -0.25) is 4.68 Å². The molecule has 1 aromatic heterocycles. The molecule has 0 aliphatic heterocycles. The van der Waals surface area contributed by atoms with Crippen molar-refractivity contribution in [2.75, 3.05) is 13.2 Å². The van der Waals surface area contributed by atoms with Crippen molar-refractivity contribution in [3.8, 4) is 0 Å². The first kappa shape index (κ1) is 11.2. The average molecular weight is 197 g/mol. The lowest BCUT2D eigenvalue weighted by Crippen LogP contribution is -2.20. The number of aliphatic hydroxyl groups excluding tert-OH is 1. The van der Waals surface area contributed by atoms with Crippen LogP contribution in [0.5, 0.6) is 0 Å². The Bertz CT molecular complexity index is 303. The lowest BCUT2D eigenvalue weighted by atomic mass is 9.99. The van der Waals surface area contributed by atoms with Gasteiger partial charge in [-0.1, -0.05) is 0 Å². The second-order valence-electron chi connectivity index (χ2n) is 3.76. The zero-order valence-electron chi connectivity index (χ0n) is 9.12. The number of hydrogen-bond donors (Lipinski definition) is 2. The smallest absolute Gasteiger partial charge is 0.0628 e. The number of rotatable bonds is 4. The Kier molecular flexibility index (Phi) is 3.66. The van der Waals surface area contributed by atoms with Crippen molar-refractivity contribution in [2.24, 2.45) is 18.7 Å². The number of aryl methyl sites for hydroxylation is 2. The highest BCUT2D eigenvalue weighted by Crippen LogP contribution is 2.16. The highest BCUT2D eigenvalue weighted by Gasteiger charge is 2.14. The maximum atomic E-state index is 9.07. The van der Waals surface area contributed by atoms with Crippen LogP contribution in [0.2, 0.25) is 0 Å². The van der Waals surface area contributed by atoms with Crippen LogP contribution in [-0.4, -0.2) is 28.0 Å². The molecule has 4 nitrogen and oxygen atoms in total. The zero-order valence-corrected chi connectivity index (χ0v) is 9.12. The summed E-state index contributed by atoms with van der Waals surface area (Å²) in [4.78, 5) is 0. The molecular formula is C10H19N3O. The Balaban J connectivity index is 2.84. The second-order valence-corrected chi connectivity index (χ2v) is 3.76. The minimum absolute atomic E-state index is 0.143. The summed E-state index contributed by atoms with van der Waals surface area (Å²) in [6.45, 7) is 4.70. The highest BCUT2D eigenvalue weighted by atomic mass is 16.3. The van der Waals surface area contributed by atoms with Crippen molar-refractivity contribution in [1.82, 2.24) is 9.78 Å². The van der Waals surface area contributed by atoms with Crippen molar-refractivity contribution in [3.63, 3.8) is 0 Å². The van der Waals surface area contributed by atoms with Crippen LogP contribution in [-0.2, 0) is 13.5 Å². The van der Waals surface area contributed by atoms with E-state index in [1.165, 1.54) is 5.56 Å². The summed E-state index contributed by atoms with van der Waals surface area (Å²) in [5.74, 6) is 0.150. The van der Waals surface area contributed by atoms with E-state index in [9.17, 15) is 0 Å². The normalized spacial score (nSPS) is 13.2. The maximum absolute atomic E-state index is 9.07. The molecule has 0 saturated carbocycles. The van der Waals surface area contributed by atoms with Gasteiger partial charge in [0.25, 0.3) is 0 Å². The van der Waals surface area contributed by atoms with Gasteiger partial charge in [-0.2, -0.15) is 5.10 Å². The van der Waals surface area contributed by atoms with Crippen LogP contribution < -0.4 is 5.73 Å². The molecule has 0 amide bonds. The highest BCUT2D eigenvalue weighted by molar-refractivity contribution is 5.24. The third kappa shape index (κ3) is 2.13. The monoisotopic (exact) mass is 197 g/mol. The molecule has 0 aliphatic carbocycles. The predicted molar refractivity (Wildman–Crippen MR) is 56.0 cm³/mol. The Labute approximate surface area is 84.7 Å². The quantitative estimate of drug-likeness (QED) is 0.722. The van der Waals surface area contributed by atoms with E-state index < -0.39 is 0 Å². The summed E-state index contributed by atoms with van der Waals surface area (Å²) >= 11 is 0. The molecule has 1 atom stereocenters. The van der Waals surface area contributed by atoms with Crippen LogP contribution in [0.25, 0.3) is 0 Å². The molecule has 0 saturated heterocycles. The Morgan fingerprint density at radius 3 is 2.50 bits per heavy atom. The second kappa shape index (κ2) is 4.57. The molecule has 1 aromatic rings. The van der Waals surface area contributed by atoms with E-state index >= 15 is 0 Å². The molecule has 0 aliphatic rings. The van der Waals surface area contributed by atoms with Crippen molar-refractivity contribution in [1.29, 1.82) is 0 Å². The first-order chi connectivity index (χ1) is 6.60. The molecule has 1 heterocycles. The van der Waals surface area contributed by atoms with Crippen LogP contribution in [0, 0.1) is 19.8 Å². The van der Waals surface area contributed by atoms with Gasteiger partial charge in [0, 0.05) is 19.3 Å². The fourth-order valence-electron chi connectivity index (χ4n) is 1.62. The lowest BCUT2D eigenvalue weighted by molar-refractivity contribution is 0.229. The standard InChI is InChI=1S/C10H19N3O/c1-7-10(4-9(5-11)6-14)8(2)13(3)12-7/h9,14H,4-6,11H2,1-3H3. The van der Waals surface area contributed by atoms with Gasteiger partial charge in [-0.05, 0) is 38.3 Å². The Morgan fingerprint density at radius 1 is 1.50 bits per heavy atom. The SMILES string of the molecule is Cc1nn(C)c(C)c1CC(CN)CO. The van der Waals surface area contributed by atoms with E-state index in [2.05, 4.69) is 5.10 Å². The average Bonchev–Trinajstić information content (AvgIpc) is 2.40. The molecule has 14 heavy (non-hydrogen) atoms. The molecule has 0 spiro atoms. The number of aliphatic hydroxyl groups is 1. The molecular weight excluding hydrogens is 178 g/mol. The molecule has 3 N–H and O–H groups in total. The minimum atomic E-state index is 0.143. The molecule has 4 heteroatoms. The van der Waals surface area contributed by atoms with Crippen LogP contribution in [0.3, 0.4) is 0 Å². The largest absolute Gasteiger partial charge is 0.396 e. The molecule has 1 rings (SSSR count). The van der Waals surface area contributed by atoms with Gasteiger partial charge in [-0.25, -0.2) is 0 Å². The van der Waals surface area contributed by atoms with Crippen molar-refractivity contribution in [2.45, 2.75) is 20.3 Å². The lowest BCUT2D eigenvalue weighted by Gasteiger charge is -2.11. The van der Waals surface area contributed by atoms with Crippen molar-refractivity contribution in [3.05, 3.63) is 17.0 Å². The zero-order chi connectivity index (χ0) is 10.7. The van der Waals surface area contributed by atoms with Crippen molar-refractivity contribution < 1.29 is 5.11 Å². The molecule has 0 aromatic carbocycles. The molecule has 0 radical (unpaired) electrons. The predicted octanol–water partition coefficient (Wildman–Crippen LogP) is 0.147. The first-order valence-corrected chi connectivity index (χ1v) is 4.90. The fourth-order valence-corrected chi connectivity index (χ4v) is 1.62. The van der Waals surface area contributed by atoms with Crippen LogP contribution in [0.15, 0.2) is 0 Å². The minimum Gasteiger partial charge on any atom is -0.396 e. The molecule has 1 unspecified atom stereocenters. The molecule has 0 bridgehead atoms. The van der Waals surface area contributed by atoms with Crippen LogP contribution in [0.4, 0.5) is 0 Å². The van der Waals surface area contributed by atoms with E-state index in [1.54, 1.807) is 0 Å². The Hall–Kier alpha value is -0.870. The van der Waals surface area contributed by atoms with Gasteiger partial charge >= 0.3 is 0 Å². The third-order valence-electron chi connectivity index (χ3n) is 2.74. The topological polar surface area (TPSA) is 64.1 Å². The van der Waals surface area contributed by atoms with Crippen LogP contribution in [0.1, 0.15) is 17.0 Å². The van der Waals surface area contributed by atoms with Crippen LogP contribution >= 0.6 is 0 Å². The fraction of sp³-hybridized carbons (Fsp3) is 0.700. The van der Waals surface area contributed by atoms with Gasteiger partial charge in [-0.15, -0.1) is 0 Å². The summed E-state index contributed by atoms with van der Waals surface area (Å²) in [6, 6.07) is 0. The summed E-state index contributed by atoms with van der Waals surface area (Å²) in [5, 5.41) is 13.4. The number of hydrogen-bond acceptors (Lipinski definition) is 3. The van der Waals surface area contributed by atoms with Gasteiger partial charge in [0.15, 0.2) is 0 Å². The Morgan fingerprint density at radius 2 is 2.14 bits per heavy atom. The summed E-state index contributed by atoms with van der Waals surface area (Å²) in [5.41, 5.74) is 8.97. The van der Waals surface area contributed by atoms with E-state index in [1.807, 2.05) is 25.6 Å². The number of nitrogens with zero attached hydrogens (tertiary/aromatic N) is 2. The summed E-state index contributed by atoms with van der Waals surface area (Å²) < 4.78 is 1.87. The molecule has 0 fully saturated rings. The summed E-state index contributed by atoms with van der Waals surface area (Å²) in [7, 11) is 1.93. The van der Waals surface area contributed by atoms with Gasteiger partial charge in [0.1, 0.15) is 0 Å². The number of nitrogens with two attached hydrogens (primary N) is 1.